The van der Waals surface area contributed by atoms with Gasteiger partial charge in [-0.25, -0.2) is 13.2 Å². The lowest BCUT2D eigenvalue weighted by molar-refractivity contribution is -0.129. The van der Waals surface area contributed by atoms with Crippen LogP contribution in [0.1, 0.15) is 31.1 Å². The number of hydrogen-bond donors (Lipinski definition) is 0. The SMILES string of the molecule is CC(C)(C)C(=O)COC(=O)c1cc(S(=O)(=O)N2CCOCC2)ccc1Cl. The van der Waals surface area contributed by atoms with Gasteiger partial charge in [0, 0.05) is 18.5 Å². The van der Waals surface area contributed by atoms with Crippen LogP contribution in [0.5, 0.6) is 0 Å². The first-order valence-corrected chi connectivity index (χ1v) is 9.93. The Labute approximate surface area is 158 Å². The number of nitrogens with zero attached hydrogens (tertiary/aromatic N) is 1. The summed E-state index contributed by atoms with van der Waals surface area (Å²) in [4.78, 5) is 24.1. The molecule has 1 heterocycles. The summed E-state index contributed by atoms with van der Waals surface area (Å²) in [5, 5.41) is 0.0548. The van der Waals surface area contributed by atoms with Crippen LogP contribution in [0.4, 0.5) is 0 Å². The molecule has 1 saturated heterocycles. The molecule has 0 aliphatic carbocycles. The van der Waals surface area contributed by atoms with E-state index in [4.69, 9.17) is 21.1 Å². The van der Waals surface area contributed by atoms with Gasteiger partial charge >= 0.3 is 5.97 Å². The van der Waals surface area contributed by atoms with Gasteiger partial charge in [0.25, 0.3) is 0 Å². The number of halogens is 1. The van der Waals surface area contributed by atoms with Crippen molar-refractivity contribution in [3.8, 4) is 0 Å². The minimum Gasteiger partial charge on any atom is -0.454 e. The van der Waals surface area contributed by atoms with Gasteiger partial charge in [0.1, 0.15) is 0 Å². The molecule has 0 aromatic heterocycles. The zero-order chi connectivity index (χ0) is 19.5. The second-order valence-electron chi connectivity index (χ2n) is 6.91. The maximum atomic E-state index is 12.7. The molecule has 1 aromatic carbocycles. The fourth-order valence-electron chi connectivity index (χ4n) is 2.18. The average Bonchev–Trinajstić information content (AvgIpc) is 2.59. The molecule has 1 aromatic rings. The molecule has 0 amide bonds. The first-order chi connectivity index (χ1) is 12.0. The van der Waals surface area contributed by atoms with E-state index in [1.165, 1.54) is 22.5 Å². The minimum absolute atomic E-state index is 0.0548. The quantitative estimate of drug-likeness (QED) is 0.699. The lowest BCUT2D eigenvalue weighted by atomic mass is 9.91. The van der Waals surface area contributed by atoms with E-state index in [1.54, 1.807) is 20.8 Å². The van der Waals surface area contributed by atoms with Gasteiger partial charge in [-0.2, -0.15) is 4.31 Å². The summed E-state index contributed by atoms with van der Waals surface area (Å²) in [5.41, 5.74) is -0.742. The van der Waals surface area contributed by atoms with Gasteiger partial charge in [-0.1, -0.05) is 32.4 Å². The number of benzene rings is 1. The van der Waals surface area contributed by atoms with Gasteiger partial charge in [-0.3, -0.25) is 4.79 Å². The third kappa shape index (κ3) is 4.82. The Bertz CT molecular complexity index is 794. The van der Waals surface area contributed by atoms with Crippen molar-refractivity contribution in [2.24, 2.45) is 5.41 Å². The maximum Gasteiger partial charge on any atom is 0.340 e. The number of hydrogen-bond acceptors (Lipinski definition) is 6. The lowest BCUT2D eigenvalue weighted by Crippen LogP contribution is -2.40. The van der Waals surface area contributed by atoms with Gasteiger partial charge < -0.3 is 9.47 Å². The van der Waals surface area contributed by atoms with Gasteiger partial charge in [-0.15, -0.1) is 0 Å². The molecule has 0 atom stereocenters. The molecule has 0 N–H and O–H groups in total. The number of morpholine rings is 1. The largest absolute Gasteiger partial charge is 0.454 e. The normalized spacial score (nSPS) is 16.3. The number of rotatable bonds is 5. The molecule has 26 heavy (non-hydrogen) atoms. The summed E-state index contributed by atoms with van der Waals surface area (Å²) in [6.07, 6.45) is 0. The number of Topliss-reactive ketones (excluding diaryl/α,β-unsaturated/α-hetero) is 1. The Hall–Kier alpha value is -1.48. The van der Waals surface area contributed by atoms with E-state index in [1.807, 2.05) is 0 Å². The van der Waals surface area contributed by atoms with Crippen LogP contribution in [0.3, 0.4) is 0 Å². The van der Waals surface area contributed by atoms with Crippen molar-refractivity contribution in [3.05, 3.63) is 28.8 Å². The van der Waals surface area contributed by atoms with Crippen molar-refractivity contribution in [1.29, 1.82) is 0 Å². The molecule has 2 rings (SSSR count). The number of ether oxygens (including phenoxy) is 2. The maximum absolute atomic E-state index is 12.7. The fourth-order valence-corrected chi connectivity index (χ4v) is 3.81. The molecule has 0 unspecified atom stereocenters. The summed E-state index contributed by atoms with van der Waals surface area (Å²) >= 11 is 6.02. The highest BCUT2D eigenvalue weighted by molar-refractivity contribution is 7.89. The highest BCUT2D eigenvalue weighted by atomic mass is 35.5. The van der Waals surface area contributed by atoms with E-state index in [-0.39, 0.29) is 34.4 Å². The molecule has 0 bridgehead atoms. The third-order valence-corrected chi connectivity index (χ3v) is 6.16. The number of carbonyl (C=O) groups is 2. The molecule has 0 spiro atoms. The Morgan fingerprint density at radius 2 is 1.85 bits per heavy atom. The third-order valence-electron chi connectivity index (χ3n) is 3.94. The van der Waals surface area contributed by atoms with Crippen molar-refractivity contribution < 1.29 is 27.5 Å². The van der Waals surface area contributed by atoms with E-state index < -0.39 is 28.0 Å². The summed E-state index contributed by atoms with van der Waals surface area (Å²) in [6.45, 7) is 5.85. The van der Waals surface area contributed by atoms with Crippen molar-refractivity contribution in [2.75, 3.05) is 32.9 Å². The number of sulfonamides is 1. The van der Waals surface area contributed by atoms with Crippen LogP contribution < -0.4 is 0 Å². The van der Waals surface area contributed by atoms with E-state index in [0.29, 0.717) is 13.2 Å². The van der Waals surface area contributed by atoms with Crippen LogP contribution in [0.2, 0.25) is 5.02 Å². The monoisotopic (exact) mass is 403 g/mol. The van der Waals surface area contributed by atoms with Crippen LogP contribution >= 0.6 is 11.6 Å². The highest BCUT2D eigenvalue weighted by Crippen LogP contribution is 2.24. The predicted octanol–water partition coefficient (Wildman–Crippen LogP) is 2.13. The van der Waals surface area contributed by atoms with Gasteiger partial charge in [0.15, 0.2) is 12.4 Å². The van der Waals surface area contributed by atoms with E-state index in [2.05, 4.69) is 0 Å². The molecule has 0 radical (unpaired) electrons. The van der Waals surface area contributed by atoms with Gasteiger partial charge in [0.2, 0.25) is 10.0 Å². The van der Waals surface area contributed by atoms with E-state index in [0.717, 1.165) is 0 Å². The molecule has 1 aliphatic rings. The molecule has 0 saturated carbocycles. The first kappa shape index (κ1) is 20.8. The van der Waals surface area contributed by atoms with Crippen molar-refractivity contribution in [2.45, 2.75) is 25.7 Å². The Morgan fingerprint density at radius 1 is 1.23 bits per heavy atom. The minimum atomic E-state index is -3.77. The smallest absolute Gasteiger partial charge is 0.340 e. The van der Waals surface area contributed by atoms with Crippen molar-refractivity contribution >= 4 is 33.4 Å². The van der Waals surface area contributed by atoms with Crippen LogP contribution in [-0.4, -0.2) is 57.4 Å². The highest BCUT2D eigenvalue weighted by Gasteiger charge is 2.28. The first-order valence-electron chi connectivity index (χ1n) is 8.11. The summed E-state index contributed by atoms with van der Waals surface area (Å²) in [5.74, 6) is -1.09. The van der Waals surface area contributed by atoms with Crippen molar-refractivity contribution in [1.82, 2.24) is 4.31 Å². The number of esters is 1. The standard InChI is InChI=1S/C17H22ClNO6S/c1-17(2,3)15(20)11-25-16(21)13-10-12(4-5-14(13)18)26(22,23)19-6-8-24-9-7-19/h4-5,10H,6-9,11H2,1-3H3. The molecular weight excluding hydrogens is 382 g/mol. The van der Waals surface area contributed by atoms with Gasteiger partial charge in [0.05, 0.1) is 28.7 Å². The Morgan fingerprint density at radius 3 is 2.42 bits per heavy atom. The van der Waals surface area contributed by atoms with E-state index >= 15 is 0 Å². The average molecular weight is 404 g/mol. The fraction of sp³-hybridized carbons (Fsp3) is 0.529. The predicted molar refractivity (Wildman–Crippen MR) is 95.8 cm³/mol. The van der Waals surface area contributed by atoms with Crippen LogP contribution in [0.15, 0.2) is 23.1 Å². The topological polar surface area (TPSA) is 90.0 Å². The number of carbonyl (C=O) groups excluding carboxylic acids is 2. The molecule has 9 heteroatoms. The van der Waals surface area contributed by atoms with E-state index in [9.17, 15) is 18.0 Å². The summed E-state index contributed by atoms with van der Waals surface area (Å²) in [6, 6.07) is 3.85. The molecule has 1 fully saturated rings. The Balaban J connectivity index is 2.21. The second-order valence-corrected chi connectivity index (χ2v) is 9.25. The summed E-state index contributed by atoms with van der Waals surface area (Å²) < 4.78 is 36.8. The van der Waals surface area contributed by atoms with Crippen LogP contribution in [0.25, 0.3) is 0 Å². The molecule has 144 valence electrons. The number of ketones is 1. The van der Waals surface area contributed by atoms with Crippen LogP contribution in [0, 0.1) is 5.41 Å². The molecular formula is C17H22ClNO6S. The molecule has 7 nitrogen and oxygen atoms in total. The summed E-state index contributed by atoms with van der Waals surface area (Å²) in [7, 11) is -3.77. The van der Waals surface area contributed by atoms with Crippen LogP contribution in [-0.2, 0) is 24.3 Å². The Kier molecular flexibility index (Phi) is 6.44. The second kappa shape index (κ2) is 8.04. The zero-order valence-electron chi connectivity index (χ0n) is 15.0. The molecule has 1 aliphatic heterocycles. The van der Waals surface area contributed by atoms with Crippen molar-refractivity contribution in [3.63, 3.8) is 0 Å². The zero-order valence-corrected chi connectivity index (χ0v) is 16.5. The van der Waals surface area contributed by atoms with Gasteiger partial charge in [-0.05, 0) is 18.2 Å². The lowest BCUT2D eigenvalue weighted by Gasteiger charge is -2.26.